The van der Waals surface area contributed by atoms with Gasteiger partial charge in [0.25, 0.3) is 5.91 Å². The average molecular weight is 491 g/mol. The van der Waals surface area contributed by atoms with E-state index in [4.69, 9.17) is 11.6 Å². The minimum atomic E-state index is -0.407. The van der Waals surface area contributed by atoms with Gasteiger partial charge in [0, 0.05) is 22.0 Å². The third-order valence-electron chi connectivity index (χ3n) is 4.51. The molecule has 0 fully saturated rings. The molecule has 2 heterocycles. The first-order valence-electron chi connectivity index (χ1n) is 9.75. The van der Waals surface area contributed by atoms with Crippen molar-refractivity contribution in [1.29, 1.82) is 0 Å². The monoisotopic (exact) mass is 490 g/mol. The molecule has 3 rings (SSSR count). The lowest BCUT2D eigenvalue weighted by atomic mass is 10.2. The first kappa shape index (κ1) is 24.0. The normalized spacial score (nSPS) is 11.8. The second-order valence-corrected chi connectivity index (χ2v) is 9.52. The van der Waals surface area contributed by atoms with Crippen LogP contribution in [0, 0.1) is 13.8 Å². The number of hydrogen-bond donors (Lipinski definition) is 2. The average Bonchev–Trinajstić information content (AvgIpc) is 3.29. The van der Waals surface area contributed by atoms with Crippen LogP contribution in [-0.4, -0.2) is 37.3 Å². The number of halogens is 1. The second kappa shape index (κ2) is 10.8. The number of nitrogens with one attached hydrogen (secondary N) is 2. The van der Waals surface area contributed by atoms with Crippen molar-refractivity contribution in [3.8, 4) is 0 Å². The van der Waals surface area contributed by atoms with Gasteiger partial charge in [0.05, 0.1) is 17.5 Å². The van der Waals surface area contributed by atoms with E-state index in [1.165, 1.54) is 23.1 Å². The van der Waals surface area contributed by atoms with E-state index < -0.39 is 6.04 Å². The predicted octanol–water partition coefficient (Wildman–Crippen LogP) is 4.41. The summed E-state index contributed by atoms with van der Waals surface area (Å²) in [5, 5.41) is 15.9. The first-order chi connectivity index (χ1) is 15.3. The molecule has 0 unspecified atom stereocenters. The smallest absolute Gasteiger partial charge is 0.251 e. The molecule has 11 heteroatoms. The van der Waals surface area contributed by atoms with Crippen molar-refractivity contribution in [3.63, 3.8) is 0 Å². The lowest BCUT2D eigenvalue weighted by Gasteiger charge is -2.15. The third-order valence-corrected chi connectivity index (χ3v) is 6.71. The molecule has 168 valence electrons. The molecule has 0 aliphatic heterocycles. The van der Waals surface area contributed by atoms with Crippen LogP contribution >= 0.6 is 34.7 Å². The van der Waals surface area contributed by atoms with Crippen molar-refractivity contribution >= 4 is 51.6 Å². The standard InChI is InChI=1S/C21H23ClN6O2S2/c1-5-10-28-18(13(3)23-19(30)15-6-8-16(22)9-7-15)26-27-21(28)31-11-17(29)25-20-24-12(2)14(4)32-20/h5-9,13H,1,10-11H2,2-4H3,(H,23,30)(H,24,25,29)/t13-/m0/s1. The molecule has 0 bridgehead atoms. The Morgan fingerprint density at radius 3 is 2.62 bits per heavy atom. The summed E-state index contributed by atoms with van der Waals surface area (Å²) in [5.41, 5.74) is 1.40. The van der Waals surface area contributed by atoms with Gasteiger partial charge in [-0.15, -0.1) is 28.1 Å². The van der Waals surface area contributed by atoms with Crippen LogP contribution in [0.25, 0.3) is 0 Å². The first-order valence-corrected chi connectivity index (χ1v) is 11.9. The molecule has 0 saturated carbocycles. The fraction of sp³-hybridized carbons (Fsp3) is 0.286. The predicted molar refractivity (Wildman–Crippen MR) is 128 cm³/mol. The lowest BCUT2D eigenvalue weighted by molar-refractivity contribution is -0.113. The maximum Gasteiger partial charge on any atom is 0.251 e. The van der Waals surface area contributed by atoms with E-state index in [-0.39, 0.29) is 17.6 Å². The molecule has 0 aliphatic rings. The Bertz CT molecular complexity index is 1110. The molecule has 32 heavy (non-hydrogen) atoms. The van der Waals surface area contributed by atoms with Crippen LogP contribution in [0.5, 0.6) is 0 Å². The summed E-state index contributed by atoms with van der Waals surface area (Å²) in [4.78, 5) is 30.3. The van der Waals surface area contributed by atoms with Crippen LogP contribution in [0.3, 0.4) is 0 Å². The zero-order valence-electron chi connectivity index (χ0n) is 17.9. The van der Waals surface area contributed by atoms with Gasteiger partial charge in [-0.1, -0.05) is 29.4 Å². The molecule has 8 nitrogen and oxygen atoms in total. The summed E-state index contributed by atoms with van der Waals surface area (Å²) in [6.45, 7) is 9.92. The molecule has 2 amide bonds. The van der Waals surface area contributed by atoms with Gasteiger partial charge in [0.2, 0.25) is 5.91 Å². The van der Waals surface area contributed by atoms with Gasteiger partial charge in [-0.3, -0.25) is 9.59 Å². The van der Waals surface area contributed by atoms with Crippen LogP contribution in [0.2, 0.25) is 5.02 Å². The largest absolute Gasteiger partial charge is 0.342 e. The molecule has 0 radical (unpaired) electrons. The molecule has 0 spiro atoms. The summed E-state index contributed by atoms with van der Waals surface area (Å²) in [6, 6.07) is 6.23. The number of allylic oxidation sites excluding steroid dienone is 1. The highest BCUT2D eigenvalue weighted by Crippen LogP contribution is 2.24. The molecule has 2 N–H and O–H groups in total. The van der Waals surface area contributed by atoms with Crippen molar-refractivity contribution in [1.82, 2.24) is 25.1 Å². The van der Waals surface area contributed by atoms with E-state index in [1.807, 2.05) is 25.3 Å². The number of anilines is 1. The number of aromatic nitrogens is 4. The summed E-state index contributed by atoms with van der Waals surface area (Å²) < 4.78 is 1.83. The number of nitrogens with zero attached hydrogens (tertiary/aromatic N) is 4. The fourth-order valence-corrected chi connectivity index (χ4v) is 4.50. The highest BCUT2D eigenvalue weighted by atomic mass is 35.5. The molecule has 3 aromatic rings. The van der Waals surface area contributed by atoms with Gasteiger partial charge >= 0.3 is 0 Å². The third kappa shape index (κ3) is 5.96. The van der Waals surface area contributed by atoms with Gasteiger partial charge < -0.3 is 15.2 Å². The van der Waals surface area contributed by atoms with E-state index in [9.17, 15) is 9.59 Å². The molecular formula is C21H23ClN6O2S2. The Morgan fingerprint density at radius 2 is 2.00 bits per heavy atom. The lowest BCUT2D eigenvalue weighted by Crippen LogP contribution is -2.28. The molecule has 0 aliphatic carbocycles. The quantitative estimate of drug-likeness (QED) is 0.340. The Kier molecular flexibility index (Phi) is 8.05. The number of hydrogen-bond acceptors (Lipinski definition) is 7. The molecule has 2 aromatic heterocycles. The SMILES string of the molecule is C=CCn1c(SCC(=O)Nc2nc(C)c(C)s2)nnc1[C@H](C)NC(=O)c1ccc(Cl)cc1. The zero-order valence-corrected chi connectivity index (χ0v) is 20.3. The van der Waals surface area contributed by atoms with E-state index >= 15 is 0 Å². The number of thiazole rings is 1. The molecular weight excluding hydrogens is 468 g/mol. The molecule has 1 aromatic carbocycles. The Morgan fingerprint density at radius 1 is 1.28 bits per heavy atom. The molecule has 0 saturated heterocycles. The van der Waals surface area contributed by atoms with E-state index in [0.717, 1.165) is 10.6 Å². The summed E-state index contributed by atoms with van der Waals surface area (Å²) >= 11 is 8.59. The van der Waals surface area contributed by atoms with Gasteiger partial charge in [-0.05, 0) is 45.0 Å². The number of amides is 2. The van der Waals surface area contributed by atoms with Crippen molar-refractivity contribution in [2.24, 2.45) is 0 Å². The fourth-order valence-electron chi connectivity index (χ4n) is 2.79. The van der Waals surface area contributed by atoms with E-state index in [2.05, 4.69) is 32.4 Å². The Hall–Kier alpha value is -2.69. The Labute approximate surface area is 199 Å². The number of rotatable bonds is 9. The topological polar surface area (TPSA) is 102 Å². The summed E-state index contributed by atoms with van der Waals surface area (Å²) in [7, 11) is 0. The highest BCUT2D eigenvalue weighted by molar-refractivity contribution is 7.99. The van der Waals surface area contributed by atoms with Crippen molar-refractivity contribution in [2.45, 2.75) is 38.5 Å². The maximum absolute atomic E-state index is 12.5. The number of carbonyl (C=O) groups excluding carboxylic acids is 2. The van der Waals surface area contributed by atoms with Crippen LogP contribution in [0.4, 0.5) is 5.13 Å². The van der Waals surface area contributed by atoms with Crippen LogP contribution < -0.4 is 10.6 Å². The van der Waals surface area contributed by atoms with E-state index in [0.29, 0.717) is 33.2 Å². The van der Waals surface area contributed by atoms with Crippen molar-refractivity contribution < 1.29 is 9.59 Å². The highest BCUT2D eigenvalue weighted by Gasteiger charge is 2.20. The van der Waals surface area contributed by atoms with Gasteiger partial charge in [0.15, 0.2) is 16.1 Å². The summed E-state index contributed by atoms with van der Waals surface area (Å²) in [5.74, 6) is 0.298. The van der Waals surface area contributed by atoms with Crippen LogP contribution in [0.1, 0.15) is 39.7 Å². The van der Waals surface area contributed by atoms with Crippen LogP contribution in [0.15, 0.2) is 42.1 Å². The number of thioether (sulfide) groups is 1. The van der Waals surface area contributed by atoms with E-state index in [1.54, 1.807) is 30.3 Å². The minimum Gasteiger partial charge on any atom is -0.342 e. The molecule has 1 atom stereocenters. The number of aryl methyl sites for hydroxylation is 2. The van der Waals surface area contributed by atoms with Gasteiger partial charge in [-0.25, -0.2) is 4.98 Å². The zero-order chi connectivity index (χ0) is 23.3. The van der Waals surface area contributed by atoms with Crippen LogP contribution in [-0.2, 0) is 11.3 Å². The second-order valence-electron chi connectivity index (χ2n) is 6.94. The summed E-state index contributed by atoms with van der Waals surface area (Å²) in [6.07, 6.45) is 1.71. The maximum atomic E-state index is 12.5. The van der Waals surface area contributed by atoms with Gasteiger partial charge in [-0.2, -0.15) is 0 Å². The Balaban J connectivity index is 1.65. The number of benzene rings is 1. The number of carbonyl (C=O) groups is 2. The minimum absolute atomic E-state index is 0.151. The van der Waals surface area contributed by atoms with Crippen molar-refractivity contribution in [2.75, 3.05) is 11.1 Å². The van der Waals surface area contributed by atoms with Gasteiger partial charge in [0.1, 0.15) is 0 Å². The van der Waals surface area contributed by atoms with Crippen molar-refractivity contribution in [3.05, 3.63) is 63.9 Å².